The molecule has 0 amide bonds. The van der Waals surface area contributed by atoms with Crippen LogP contribution in [0.15, 0.2) is 23.8 Å². The first-order valence-electron chi connectivity index (χ1n) is 6.02. The SMILES string of the molecule is CCC1C=C(n2nc(C)cc2C)C=C(C)C1. The molecule has 2 rings (SSSR count). The van der Waals surface area contributed by atoms with Crippen LogP contribution in [-0.2, 0) is 0 Å². The monoisotopic (exact) mass is 216 g/mol. The van der Waals surface area contributed by atoms with Crippen LogP contribution in [0.5, 0.6) is 0 Å². The van der Waals surface area contributed by atoms with Gasteiger partial charge in [0.1, 0.15) is 0 Å². The molecule has 1 aliphatic carbocycles. The summed E-state index contributed by atoms with van der Waals surface area (Å²) in [5, 5.41) is 4.54. The number of rotatable bonds is 2. The molecule has 2 nitrogen and oxygen atoms in total. The van der Waals surface area contributed by atoms with Crippen LogP contribution in [0.4, 0.5) is 0 Å². The van der Waals surface area contributed by atoms with Gasteiger partial charge >= 0.3 is 0 Å². The van der Waals surface area contributed by atoms with Crippen LogP contribution in [0.2, 0.25) is 0 Å². The van der Waals surface area contributed by atoms with Crippen LogP contribution in [-0.4, -0.2) is 9.78 Å². The second-order valence-corrected chi connectivity index (χ2v) is 4.79. The van der Waals surface area contributed by atoms with Gasteiger partial charge in [-0.2, -0.15) is 5.10 Å². The largest absolute Gasteiger partial charge is 0.238 e. The van der Waals surface area contributed by atoms with E-state index < -0.39 is 0 Å². The number of nitrogens with zero attached hydrogens (tertiary/aromatic N) is 2. The van der Waals surface area contributed by atoms with E-state index in [-0.39, 0.29) is 0 Å². The Bertz CT molecular complexity index is 449. The zero-order valence-corrected chi connectivity index (χ0v) is 10.6. The molecule has 1 aromatic rings. The highest BCUT2D eigenvalue weighted by Crippen LogP contribution is 2.27. The summed E-state index contributed by atoms with van der Waals surface area (Å²) in [5.41, 5.74) is 4.99. The van der Waals surface area contributed by atoms with Crippen LogP contribution >= 0.6 is 0 Å². The van der Waals surface area contributed by atoms with Gasteiger partial charge in [0.2, 0.25) is 0 Å². The van der Waals surface area contributed by atoms with E-state index in [0.29, 0.717) is 5.92 Å². The van der Waals surface area contributed by atoms with Gasteiger partial charge in [0.25, 0.3) is 0 Å². The summed E-state index contributed by atoms with van der Waals surface area (Å²) >= 11 is 0. The van der Waals surface area contributed by atoms with Crippen molar-refractivity contribution in [2.45, 2.75) is 40.5 Å². The molecule has 0 spiro atoms. The first kappa shape index (κ1) is 11.2. The zero-order valence-electron chi connectivity index (χ0n) is 10.6. The Morgan fingerprint density at radius 3 is 2.69 bits per heavy atom. The van der Waals surface area contributed by atoms with E-state index in [1.165, 1.54) is 29.8 Å². The van der Waals surface area contributed by atoms with E-state index in [1.807, 2.05) is 6.92 Å². The molecule has 0 N–H and O–H groups in total. The van der Waals surface area contributed by atoms with Crippen molar-refractivity contribution in [3.05, 3.63) is 35.2 Å². The number of hydrogen-bond donors (Lipinski definition) is 0. The van der Waals surface area contributed by atoms with E-state index in [2.05, 4.69) is 48.8 Å². The average Bonchev–Trinajstić information content (AvgIpc) is 2.57. The molecule has 0 saturated carbocycles. The normalized spacial score (nSPS) is 20.6. The predicted octanol–water partition coefficient (Wildman–Crippen LogP) is 3.72. The van der Waals surface area contributed by atoms with E-state index in [1.54, 1.807) is 0 Å². The summed E-state index contributed by atoms with van der Waals surface area (Å²) < 4.78 is 2.06. The van der Waals surface area contributed by atoms with Crippen LogP contribution in [0.25, 0.3) is 5.70 Å². The second kappa shape index (κ2) is 4.28. The molecule has 0 radical (unpaired) electrons. The van der Waals surface area contributed by atoms with Gasteiger partial charge in [-0.1, -0.05) is 18.6 Å². The molecule has 1 unspecified atom stereocenters. The predicted molar refractivity (Wildman–Crippen MR) is 68.1 cm³/mol. The first-order valence-corrected chi connectivity index (χ1v) is 6.02. The van der Waals surface area contributed by atoms with Crippen LogP contribution in [0.3, 0.4) is 0 Å². The van der Waals surface area contributed by atoms with Crippen LogP contribution in [0, 0.1) is 19.8 Å². The topological polar surface area (TPSA) is 17.8 Å². The highest BCUT2D eigenvalue weighted by Gasteiger charge is 2.14. The summed E-state index contributed by atoms with van der Waals surface area (Å²) in [4.78, 5) is 0. The lowest BCUT2D eigenvalue weighted by Gasteiger charge is -2.19. The molecule has 0 bridgehead atoms. The number of allylic oxidation sites excluding steroid dienone is 4. The van der Waals surface area contributed by atoms with Gasteiger partial charge in [-0.25, -0.2) is 4.68 Å². The Hall–Kier alpha value is -1.31. The first-order chi connectivity index (χ1) is 7.60. The molecule has 16 heavy (non-hydrogen) atoms. The fourth-order valence-corrected chi connectivity index (χ4v) is 2.36. The van der Waals surface area contributed by atoms with Crippen molar-refractivity contribution < 1.29 is 0 Å². The van der Waals surface area contributed by atoms with E-state index >= 15 is 0 Å². The van der Waals surface area contributed by atoms with Crippen molar-refractivity contribution in [1.29, 1.82) is 0 Å². The summed E-state index contributed by atoms with van der Waals surface area (Å²) in [6, 6.07) is 2.12. The van der Waals surface area contributed by atoms with Gasteiger partial charge in [0, 0.05) is 5.69 Å². The quantitative estimate of drug-likeness (QED) is 0.736. The maximum Gasteiger partial charge on any atom is 0.0611 e. The summed E-state index contributed by atoms with van der Waals surface area (Å²) in [6.07, 6.45) is 7.01. The van der Waals surface area contributed by atoms with Crippen molar-refractivity contribution in [1.82, 2.24) is 9.78 Å². The van der Waals surface area contributed by atoms with Gasteiger partial charge in [-0.3, -0.25) is 0 Å². The Labute approximate surface area is 97.7 Å². The molecule has 0 saturated heterocycles. The average molecular weight is 216 g/mol. The van der Waals surface area contributed by atoms with Gasteiger partial charge in [-0.15, -0.1) is 0 Å². The molecule has 2 heteroatoms. The minimum Gasteiger partial charge on any atom is -0.238 e. The second-order valence-electron chi connectivity index (χ2n) is 4.79. The van der Waals surface area contributed by atoms with E-state index in [9.17, 15) is 0 Å². The lowest BCUT2D eigenvalue weighted by Crippen LogP contribution is -2.08. The molecule has 1 atom stereocenters. The Morgan fingerprint density at radius 2 is 2.12 bits per heavy atom. The lowest BCUT2D eigenvalue weighted by molar-refractivity contribution is 0.610. The molecule has 0 fully saturated rings. The fraction of sp³-hybridized carbons (Fsp3) is 0.500. The maximum atomic E-state index is 4.54. The zero-order chi connectivity index (χ0) is 11.7. The molecule has 1 aromatic heterocycles. The smallest absolute Gasteiger partial charge is 0.0611 e. The lowest BCUT2D eigenvalue weighted by atomic mass is 9.92. The van der Waals surface area contributed by atoms with Gasteiger partial charge in [0.05, 0.1) is 11.4 Å². The summed E-state index contributed by atoms with van der Waals surface area (Å²) in [6.45, 7) is 8.61. The van der Waals surface area contributed by atoms with Crippen molar-refractivity contribution in [2.75, 3.05) is 0 Å². The summed E-state index contributed by atoms with van der Waals surface area (Å²) in [5.74, 6) is 0.670. The number of aromatic nitrogens is 2. The minimum absolute atomic E-state index is 0.670. The van der Waals surface area contributed by atoms with E-state index in [0.717, 1.165) is 5.69 Å². The third-order valence-corrected chi connectivity index (χ3v) is 3.16. The molecule has 1 heterocycles. The third kappa shape index (κ3) is 2.11. The van der Waals surface area contributed by atoms with Crippen LogP contribution in [0.1, 0.15) is 38.1 Å². The van der Waals surface area contributed by atoms with Gasteiger partial charge in [0.15, 0.2) is 0 Å². The van der Waals surface area contributed by atoms with Crippen molar-refractivity contribution >= 4 is 5.70 Å². The summed E-state index contributed by atoms with van der Waals surface area (Å²) in [7, 11) is 0. The Morgan fingerprint density at radius 1 is 1.38 bits per heavy atom. The minimum atomic E-state index is 0.670. The van der Waals surface area contributed by atoms with Gasteiger partial charge < -0.3 is 0 Å². The number of hydrogen-bond acceptors (Lipinski definition) is 1. The molecular formula is C14H20N2. The highest BCUT2D eigenvalue weighted by atomic mass is 15.3. The molecule has 1 aliphatic rings. The Kier molecular flexibility index (Phi) is 2.99. The molecular weight excluding hydrogens is 196 g/mol. The van der Waals surface area contributed by atoms with Crippen molar-refractivity contribution in [3.8, 4) is 0 Å². The standard InChI is InChI=1S/C14H20N2/c1-5-13-6-10(2)7-14(9-13)16-12(4)8-11(3)15-16/h7-9,13H,5-6H2,1-4H3. The van der Waals surface area contributed by atoms with Gasteiger partial charge in [-0.05, 0) is 51.7 Å². The molecule has 0 aliphatic heterocycles. The number of aryl methyl sites for hydroxylation is 2. The third-order valence-electron chi connectivity index (χ3n) is 3.16. The highest BCUT2D eigenvalue weighted by molar-refractivity contribution is 5.60. The fourth-order valence-electron chi connectivity index (χ4n) is 2.36. The van der Waals surface area contributed by atoms with Crippen molar-refractivity contribution in [2.24, 2.45) is 5.92 Å². The van der Waals surface area contributed by atoms with Crippen molar-refractivity contribution in [3.63, 3.8) is 0 Å². The van der Waals surface area contributed by atoms with E-state index in [4.69, 9.17) is 0 Å². The molecule has 0 aromatic carbocycles. The maximum absolute atomic E-state index is 4.54. The molecule has 86 valence electrons. The van der Waals surface area contributed by atoms with Crippen LogP contribution < -0.4 is 0 Å². The Balaban J connectivity index is 2.39.